The summed E-state index contributed by atoms with van der Waals surface area (Å²) >= 11 is 5.42. The van der Waals surface area contributed by atoms with Gasteiger partial charge in [-0.25, -0.2) is 9.40 Å². The quantitative estimate of drug-likeness (QED) is 0.294. The Balaban J connectivity index is 1.83. The summed E-state index contributed by atoms with van der Waals surface area (Å²) < 4.78 is 13.8. The highest BCUT2D eigenvalue weighted by Gasteiger charge is 2.49. The third-order valence-electron chi connectivity index (χ3n) is 7.98. The van der Waals surface area contributed by atoms with E-state index in [9.17, 15) is 28.4 Å². The molecule has 214 valence electrons. The number of rotatable bonds is 9. The molecule has 2 aliphatic heterocycles. The van der Waals surface area contributed by atoms with E-state index < -0.39 is 46.3 Å². The second-order valence-electron chi connectivity index (χ2n) is 12.3. The molecule has 5 amide bonds. The molecule has 2 saturated heterocycles. The van der Waals surface area contributed by atoms with Crippen LogP contribution in [0.15, 0.2) is 0 Å². The van der Waals surface area contributed by atoms with Gasteiger partial charge in [-0.1, -0.05) is 46.2 Å². The van der Waals surface area contributed by atoms with Gasteiger partial charge in [-0.3, -0.25) is 29.4 Å². The minimum absolute atomic E-state index is 0.0900. The zero-order valence-corrected chi connectivity index (χ0v) is 23.7. The van der Waals surface area contributed by atoms with Crippen molar-refractivity contribution in [1.82, 2.24) is 26.0 Å². The van der Waals surface area contributed by atoms with Crippen molar-refractivity contribution in [1.29, 1.82) is 0 Å². The average molecular weight is 558 g/mol. The fourth-order valence-electron chi connectivity index (χ4n) is 5.05. The van der Waals surface area contributed by atoms with Crippen LogP contribution < -0.4 is 16.1 Å². The van der Waals surface area contributed by atoms with Gasteiger partial charge in [-0.15, -0.1) is 0 Å². The molecule has 3 fully saturated rings. The van der Waals surface area contributed by atoms with Crippen LogP contribution in [0.25, 0.3) is 0 Å². The standard InChI is InChI=1S/C26H41ClFN5O5/c1-6-26(4,5)18(30-21(35)15-9-10-15)23(37)32-14-25(2,3)12-17(32)22(36)31-33(24(38)19(27)28)13-16-8-7-11-29-20(16)34/h15-19H,6-14H2,1-5H3,(H,29,34)(H,30,35)(H,31,36)/t16-,17+,18-,19+/m1/s1. The molecule has 4 atom stereocenters. The normalized spacial score (nSPS) is 24.7. The number of carbonyl (C=O) groups is 5. The first-order chi connectivity index (χ1) is 17.7. The number of hydrogen-bond acceptors (Lipinski definition) is 5. The second-order valence-corrected chi connectivity index (χ2v) is 12.6. The molecule has 3 N–H and O–H groups in total. The maximum Gasteiger partial charge on any atom is 0.291 e. The van der Waals surface area contributed by atoms with Crippen LogP contribution in [0.5, 0.6) is 0 Å². The molecule has 12 heteroatoms. The van der Waals surface area contributed by atoms with Crippen LogP contribution in [-0.2, 0) is 24.0 Å². The van der Waals surface area contributed by atoms with Crippen molar-refractivity contribution < 1.29 is 28.4 Å². The summed E-state index contributed by atoms with van der Waals surface area (Å²) in [6, 6.07) is -1.80. The first-order valence-electron chi connectivity index (χ1n) is 13.5. The molecule has 0 aromatic carbocycles. The number of piperidine rings is 1. The SMILES string of the molecule is CCC(C)(C)[C@H](NC(=O)C1CC1)C(=O)N1CC(C)(C)C[C@H]1C(=O)NN(C[C@H]1CCCNC1=O)C(=O)[C@H](F)Cl. The Morgan fingerprint density at radius 3 is 2.42 bits per heavy atom. The molecule has 38 heavy (non-hydrogen) atoms. The monoisotopic (exact) mass is 557 g/mol. The molecular formula is C26H41ClFN5O5. The molecule has 0 spiro atoms. The minimum atomic E-state index is -2.41. The summed E-state index contributed by atoms with van der Waals surface area (Å²) in [6.45, 7) is 10.1. The number of likely N-dealkylation sites (tertiary alicyclic amines) is 1. The highest BCUT2D eigenvalue weighted by molar-refractivity contribution is 6.29. The smallest absolute Gasteiger partial charge is 0.291 e. The molecule has 0 radical (unpaired) electrons. The molecule has 1 saturated carbocycles. The van der Waals surface area contributed by atoms with Crippen molar-refractivity contribution >= 4 is 41.1 Å². The van der Waals surface area contributed by atoms with E-state index in [4.69, 9.17) is 11.6 Å². The van der Waals surface area contributed by atoms with Crippen molar-refractivity contribution in [2.75, 3.05) is 19.6 Å². The van der Waals surface area contributed by atoms with Gasteiger partial charge in [-0.2, -0.15) is 0 Å². The van der Waals surface area contributed by atoms with Crippen molar-refractivity contribution in [3.8, 4) is 0 Å². The molecule has 10 nitrogen and oxygen atoms in total. The molecule has 3 aliphatic rings. The summed E-state index contributed by atoms with van der Waals surface area (Å²) in [7, 11) is 0. The van der Waals surface area contributed by atoms with Crippen LogP contribution >= 0.6 is 11.6 Å². The lowest BCUT2D eigenvalue weighted by Crippen LogP contribution is -2.60. The maximum absolute atomic E-state index is 13.9. The van der Waals surface area contributed by atoms with Gasteiger partial charge in [-0.05, 0) is 49.4 Å². The van der Waals surface area contributed by atoms with E-state index in [0.29, 0.717) is 32.2 Å². The van der Waals surface area contributed by atoms with Crippen molar-refractivity contribution in [2.45, 2.75) is 90.9 Å². The van der Waals surface area contributed by atoms with E-state index in [0.717, 1.165) is 17.9 Å². The number of alkyl halides is 2. The van der Waals surface area contributed by atoms with Crippen LogP contribution in [0.3, 0.4) is 0 Å². The first-order valence-corrected chi connectivity index (χ1v) is 13.9. The third kappa shape index (κ3) is 7.15. The maximum atomic E-state index is 13.9. The fraction of sp³-hybridized carbons (Fsp3) is 0.808. The molecular weight excluding hydrogens is 517 g/mol. The van der Waals surface area contributed by atoms with E-state index in [1.165, 1.54) is 4.90 Å². The molecule has 0 aromatic rings. The van der Waals surface area contributed by atoms with Gasteiger partial charge in [0.05, 0.1) is 12.5 Å². The van der Waals surface area contributed by atoms with Gasteiger partial charge in [0, 0.05) is 19.0 Å². The van der Waals surface area contributed by atoms with Crippen molar-refractivity contribution in [3.05, 3.63) is 0 Å². The largest absolute Gasteiger partial charge is 0.356 e. The van der Waals surface area contributed by atoms with Gasteiger partial charge in [0.1, 0.15) is 12.1 Å². The van der Waals surface area contributed by atoms with Crippen LogP contribution in [0, 0.1) is 22.7 Å². The Morgan fingerprint density at radius 2 is 1.87 bits per heavy atom. The van der Waals surface area contributed by atoms with E-state index in [1.807, 2.05) is 34.6 Å². The Hall–Kier alpha value is -2.43. The fourth-order valence-corrected chi connectivity index (χ4v) is 5.17. The molecule has 0 aromatic heterocycles. The lowest BCUT2D eigenvalue weighted by atomic mass is 9.80. The van der Waals surface area contributed by atoms with Crippen molar-refractivity contribution in [2.24, 2.45) is 22.7 Å². The molecule has 1 aliphatic carbocycles. The van der Waals surface area contributed by atoms with Gasteiger partial charge in [0.15, 0.2) is 0 Å². The number of nitrogens with one attached hydrogen (secondary N) is 3. The van der Waals surface area contributed by atoms with Gasteiger partial charge >= 0.3 is 0 Å². The first kappa shape index (κ1) is 30.1. The van der Waals surface area contributed by atoms with Crippen LogP contribution in [0.2, 0.25) is 0 Å². The number of hydrogen-bond donors (Lipinski definition) is 3. The molecule has 3 rings (SSSR count). The summed E-state index contributed by atoms with van der Waals surface area (Å²) in [5, 5.41) is 6.39. The second kappa shape index (κ2) is 11.8. The third-order valence-corrected chi connectivity index (χ3v) is 8.17. The van der Waals surface area contributed by atoms with Crippen LogP contribution in [0.4, 0.5) is 4.39 Å². The van der Waals surface area contributed by atoms with E-state index in [2.05, 4.69) is 16.1 Å². The van der Waals surface area contributed by atoms with E-state index >= 15 is 0 Å². The number of hydrazine groups is 1. The lowest BCUT2D eigenvalue weighted by molar-refractivity contribution is -0.150. The van der Waals surface area contributed by atoms with E-state index in [-0.39, 0.29) is 36.7 Å². The van der Waals surface area contributed by atoms with Crippen molar-refractivity contribution in [3.63, 3.8) is 0 Å². The van der Waals surface area contributed by atoms with Gasteiger partial charge in [0.25, 0.3) is 17.4 Å². The van der Waals surface area contributed by atoms with Gasteiger partial charge in [0.2, 0.25) is 17.7 Å². The number of halogens is 2. The Morgan fingerprint density at radius 1 is 1.21 bits per heavy atom. The van der Waals surface area contributed by atoms with Crippen LogP contribution in [-0.4, -0.2) is 76.8 Å². The number of amides is 5. The summed E-state index contributed by atoms with van der Waals surface area (Å²) in [6.07, 6.45) is 3.65. The van der Waals surface area contributed by atoms with Gasteiger partial charge < -0.3 is 15.5 Å². The van der Waals surface area contributed by atoms with E-state index in [1.54, 1.807) is 0 Å². The predicted molar refractivity (Wildman–Crippen MR) is 139 cm³/mol. The lowest BCUT2D eigenvalue weighted by Gasteiger charge is -2.38. The Bertz CT molecular complexity index is 954. The summed E-state index contributed by atoms with van der Waals surface area (Å²) in [4.78, 5) is 66.4. The predicted octanol–water partition coefficient (Wildman–Crippen LogP) is 1.86. The number of carbonyl (C=O) groups excluding carboxylic acids is 5. The topological polar surface area (TPSA) is 128 Å². The molecule has 0 bridgehead atoms. The zero-order chi connectivity index (χ0) is 28.4. The molecule has 0 unspecified atom stereocenters. The van der Waals surface area contributed by atoms with Crippen LogP contribution in [0.1, 0.15) is 73.1 Å². The number of nitrogens with zero attached hydrogens (tertiary/aromatic N) is 2. The zero-order valence-electron chi connectivity index (χ0n) is 22.9. The summed E-state index contributed by atoms with van der Waals surface area (Å²) in [5.41, 5.74) is -0.962. The Kier molecular flexibility index (Phi) is 9.32. The highest BCUT2D eigenvalue weighted by Crippen LogP contribution is 2.37. The summed E-state index contributed by atoms with van der Waals surface area (Å²) in [5.74, 6) is -3.41. The molecule has 2 heterocycles. The average Bonchev–Trinajstić information content (AvgIpc) is 3.65. The minimum Gasteiger partial charge on any atom is -0.356 e. The Labute approximate surface area is 228 Å². The highest BCUT2D eigenvalue weighted by atomic mass is 35.5.